The van der Waals surface area contributed by atoms with E-state index in [0.29, 0.717) is 62.6 Å². The maximum atomic E-state index is 12.6. The number of ether oxygens (including phenoxy) is 3. The van der Waals surface area contributed by atoms with Gasteiger partial charge in [-0.2, -0.15) is 0 Å². The summed E-state index contributed by atoms with van der Waals surface area (Å²) in [5.74, 6) is 2.21. The van der Waals surface area contributed by atoms with Crippen LogP contribution in [-0.2, 0) is 9.59 Å². The number of nitrogens with zero attached hydrogens (tertiary/aromatic N) is 1. The molecular weight excluding hydrogens is 396 g/mol. The second kappa shape index (κ2) is 9.73. The summed E-state index contributed by atoms with van der Waals surface area (Å²) in [6.45, 7) is 3.95. The first-order valence-corrected chi connectivity index (χ1v) is 10.8. The van der Waals surface area contributed by atoms with Crippen molar-refractivity contribution in [3.05, 3.63) is 48.0 Å². The van der Waals surface area contributed by atoms with E-state index in [1.165, 1.54) is 0 Å². The summed E-state index contributed by atoms with van der Waals surface area (Å²) in [4.78, 5) is 27.0. The number of hydrogen-bond donors (Lipinski definition) is 1. The Balaban J connectivity index is 1.17. The van der Waals surface area contributed by atoms with Crippen molar-refractivity contribution in [2.45, 2.75) is 32.6 Å². The first kappa shape index (κ1) is 21.0. The highest BCUT2D eigenvalue weighted by molar-refractivity contribution is 5.93. The molecule has 164 valence electrons. The van der Waals surface area contributed by atoms with Crippen LogP contribution >= 0.6 is 0 Å². The standard InChI is InChI=1S/C24H28N2O5/c1-17-5-2-3-6-20(17)29-14-4-7-23(27)26-12-10-18(11-13-26)24(28)25-19-8-9-21-22(15-19)31-16-30-21/h2-3,5-6,8-9,15,18H,4,7,10-14,16H2,1H3,(H,25,28). The highest BCUT2D eigenvalue weighted by Gasteiger charge is 2.27. The summed E-state index contributed by atoms with van der Waals surface area (Å²) in [5.41, 5.74) is 1.79. The first-order valence-electron chi connectivity index (χ1n) is 10.8. The van der Waals surface area contributed by atoms with E-state index in [0.717, 1.165) is 11.3 Å². The largest absolute Gasteiger partial charge is 0.493 e. The molecule has 0 atom stereocenters. The molecule has 2 aromatic carbocycles. The molecule has 2 aliphatic rings. The third-order valence-electron chi connectivity index (χ3n) is 5.74. The summed E-state index contributed by atoms with van der Waals surface area (Å²) in [6.07, 6.45) is 2.47. The molecule has 1 N–H and O–H groups in total. The van der Waals surface area contributed by atoms with E-state index in [1.54, 1.807) is 12.1 Å². The van der Waals surface area contributed by atoms with Crippen LogP contribution in [0, 0.1) is 12.8 Å². The van der Waals surface area contributed by atoms with Gasteiger partial charge in [-0.1, -0.05) is 18.2 Å². The van der Waals surface area contributed by atoms with Crippen LogP contribution in [0.3, 0.4) is 0 Å². The van der Waals surface area contributed by atoms with Crippen molar-refractivity contribution in [2.75, 3.05) is 31.8 Å². The fraction of sp³-hybridized carbons (Fsp3) is 0.417. The van der Waals surface area contributed by atoms with Crippen molar-refractivity contribution in [1.82, 2.24) is 4.90 Å². The van der Waals surface area contributed by atoms with Crippen LogP contribution in [0.4, 0.5) is 5.69 Å². The second-order valence-electron chi connectivity index (χ2n) is 7.93. The molecule has 7 nitrogen and oxygen atoms in total. The Morgan fingerprint density at radius 3 is 2.68 bits per heavy atom. The minimum atomic E-state index is -0.0983. The molecule has 1 saturated heterocycles. The fourth-order valence-electron chi connectivity index (χ4n) is 3.89. The number of carbonyl (C=O) groups is 2. The first-order chi connectivity index (χ1) is 15.1. The molecule has 2 aliphatic heterocycles. The lowest BCUT2D eigenvalue weighted by Gasteiger charge is -2.31. The number of benzene rings is 2. The molecule has 2 heterocycles. The van der Waals surface area contributed by atoms with Crippen LogP contribution in [0.1, 0.15) is 31.2 Å². The van der Waals surface area contributed by atoms with Gasteiger partial charge in [0.15, 0.2) is 11.5 Å². The average Bonchev–Trinajstić information content (AvgIpc) is 3.25. The number of para-hydroxylation sites is 1. The SMILES string of the molecule is Cc1ccccc1OCCCC(=O)N1CCC(C(=O)Nc2ccc3c(c2)OCO3)CC1. The normalized spacial score (nSPS) is 15.6. The highest BCUT2D eigenvalue weighted by Crippen LogP contribution is 2.34. The number of anilines is 1. The molecule has 2 amide bonds. The predicted octanol–water partition coefficient (Wildman–Crippen LogP) is 3.76. The maximum absolute atomic E-state index is 12.6. The monoisotopic (exact) mass is 424 g/mol. The molecule has 0 spiro atoms. The molecule has 4 rings (SSSR count). The third-order valence-corrected chi connectivity index (χ3v) is 5.74. The number of nitrogens with one attached hydrogen (secondary N) is 1. The van der Waals surface area contributed by atoms with Gasteiger partial charge in [-0.3, -0.25) is 9.59 Å². The molecule has 7 heteroatoms. The van der Waals surface area contributed by atoms with Crippen molar-refractivity contribution >= 4 is 17.5 Å². The molecule has 0 unspecified atom stereocenters. The minimum absolute atomic E-state index is 0.0161. The van der Waals surface area contributed by atoms with Crippen molar-refractivity contribution in [3.63, 3.8) is 0 Å². The lowest BCUT2D eigenvalue weighted by Crippen LogP contribution is -2.41. The van der Waals surface area contributed by atoms with Gasteiger partial charge in [-0.15, -0.1) is 0 Å². The van der Waals surface area contributed by atoms with Crippen LogP contribution in [-0.4, -0.2) is 43.2 Å². The van der Waals surface area contributed by atoms with E-state index < -0.39 is 0 Å². The van der Waals surface area contributed by atoms with Crippen LogP contribution in [0.5, 0.6) is 17.2 Å². The molecule has 0 aromatic heterocycles. The van der Waals surface area contributed by atoms with Gasteiger partial charge in [0.05, 0.1) is 6.61 Å². The molecule has 0 aliphatic carbocycles. The van der Waals surface area contributed by atoms with Crippen LogP contribution in [0.15, 0.2) is 42.5 Å². The minimum Gasteiger partial charge on any atom is -0.493 e. The van der Waals surface area contributed by atoms with Gasteiger partial charge in [0.1, 0.15) is 5.75 Å². The molecule has 2 aromatic rings. The maximum Gasteiger partial charge on any atom is 0.231 e. The Morgan fingerprint density at radius 1 is 1.10 bits per heavy atom. The van der Waals surface area contributed by atoms with E-state index in [9.17, 15) is 9.59 Å². The van der Waals surface area contributed by atoms with E-state index in [-0.39, 0.29) is 24.5 Å². The Kier molecular flexibility index (Phi) is 6.60. The van der Waals surface area contributed by atoms with E-state index >= 15 is 0 Å². The molecule has 0 bridgehead atoms. The van der Waals surface area contributed by atoms with E-state index in [2.05, 4.69) is 5.32 Å². The summed E-state index contributed by atoms with van der Waals surface area (Å²) in [6, 6.07) is 13.2. The van der Waals surface area contributed by atoms with Crippen LogP contribution in [0.2, 0.25) is 0 Å². The van der Waals surface area contributed by atoms with E-state index in [4.69, 9.17) is 14.2 Å². The quantitative estimate of drug-likeness (QED) is 0.685. The topological polar surface area (TPSA) is 77.1 Å². The zero-order chi connectivity index (χ0) is 21.6. The van der Waals surface area contributed by atoms with Crippen molar-refractivity contribution in [3.8, 4) is 17.2 Å². The Hall–Kier alpha value is -3.22. The Morgan fingerprint density at radius 2 is 1.87 bits per heavy atom. The van der Waals surface area contributed by atoms with Crippen molar-refractivity contribution in [2.24, 2.45) is 5.92 Å². The molecule has 0 radical (unpaired) electrons. The van der Waals surface area contributed by atoms with Crippen molar-refractivity contribution in [1.29, 1.82) is 0 Å². The Labute approximate surface area is 182 Å². The van der Waals surface area contributed by atoms with Gasteiger partial charge in [-0.05, 0) is 49.9 Å². The lowest BCUT2D eigenvalue weighted by molar-refractivity contribution is -0.134. The van der Waals surface area contributed by atoms with E-state index in [1.807, 2.05) is 42.2 Å². The summed E-state index contributed by atoms with van der Waals surface area (Å²) < 4.78 is 16.4. The number of likely N-dealkylation sites (tertiary alicyclic amines) is 1. The summed E-state index contributed by atoms with van der Waals surface area (Å²) in [7, 11) is 0. The number of rotatable bonds is 7. The highest BCUT2D eigenvalue weighted by atomic mass is 16.7. The van der Waals surface area contributed by atoms with Gasteiger partial charge in [0, 0.05) is 37.2 Å². The molecule has 1 fully saturated rings. The Bertz CT molecular complexity index is 937. The smallest absolute Gasteiger partial charge is 0.231 e. The second-order valence-corrected chi connectivity index (χ2v) is 7.93. The van der Waals surface area contributed by atoms with Crippen LogP contribution < -0.4 is 19.5 Å². The lowest BCUT2D eigenvalue weighted by atomic mass is 9.95. The number of piperidine rings is 1. The predicted molar refractivity (Wildman–Crippen MR) is 116 cm³/mol. The number of amides is 2. The summed E-state index contributed by atoms with van der Waals surface area (Å²) >= 11 is 0. The number of carbonyl (C=O) groups excluding carboxylic acids is 2. The third kappa shape index (κ3) is 5.29. The van der Waals surface area contributed by atoms with Gasteiger partial charge >= 0.3 is 0 Å². The fourth-order valence-corrected chi connectivity index (χ4v) is 3.89. The van der Waals surface area contributed by atoms with Gasteiger partial charge < -0.3 is 24.4 Å². The molecule has 31 heavy (non-hydrogen) atoms. The number of hydrogen-bond acceptors (Lipinski definition) is 5. The number of fused-ring (bicyclic) bond motifs is 1. The number of aryl methyl sites for hydroxylation is 1. The molecular formula is C24H28N2O5. The zero-order valence-electron chi connectivity index (χ0n) is 17.8. The molecule has 0 saturated carbocycles. The zero-order valence-corrected chi connectivity index (χ0v) is 17.8. The summed E-state index contributed by atoms with van der Waals surface area (Å²) in [5, 5.41) is 2.95. The van der Waals surface area contributed by atoms with Gasteiger partial charge in [0.2, 0.25) is 18.6 Å². The van der Waals surface area contributed by atoms with Gasteiger partial charge in [0.25, 0.3) is 0 Å². The van der Waals surface area contributed by atoms with Crippen LogP contribution in [0.25, 0.3) is 0 Å². The van der Waals surface area contributed by atoms with Crippen molar-refractivity contribution < 1.29 is 23.8 Å². The average molecular weight is 424 g/mol. The van der Waals surface area contributed by atoms with Gasteiger partial charge in [-0.25, -0.2) is 0 Å².